The lowest BCUT2D eigenvalue weighted by molar-refractivity contribution is -0.121. The van der Waals surface area contributed by atoms with Crippen molar-refractivity contribution in [1.82, 2.24) is 10.2 Å². The Morgan fingerprint density at radius 1 is 1.03 bits per heavy atom. The van der Waals surface area contributed by atoms with Crippen LogP contribution in [0.2, 0.25) is 0 Å². The molecule has 0 radical (unpaired) electrons. The predicted octanol–water partition coefficient (Wildman–Crippen LogP) is 3.01. The number of hydrogen-bond acceptors (Lipinski definition) is 3. The third kappa shape index (κ3) is 4.06. The van der Waals surface area contributed by atoms with Crippen LogP contribution in [0.5, 0.6) is 0 Å². The molecule has 0 bridgehead atoms. The molecule has 2 aromatic carbocycles. The number of carbonyl (C=O) groups excluding carboxylic acids is 2. The van der Waals surface area contributed by atoms with E-state index in [1.54, 1.807) is 0 Å². The second-order valence-electron chi connectivity index (χ2n) is 8.47. The van der Waals surface area contributed by atoms with Crippen LogP contribution in [0.4, 0.5) is 0 Å². The molecule has 1 heterocycles. The molecule has 1 saturated carbocycles. The summed E-state index contributed by atoms with van der Waals surface area (Å²) in [5.74, 6) is 0.532. The fraction of sp³-hybridized carbons (Fsp3) is 0.417. The zero-order valence-electron chi connectivity index (χ0n) is 17.0. The van der Waals surface area contributed by atoms with Gasteiger partial charge in [-0.2, -0.15) is 0 Å². The van der Waals surface area contributed by atoms with E-state index in [0.717, 1.165) is 17.5 Å². The Bertz CT molecular complexity index is 926. The average Bonchev–Trinajstić information content (AvgIpc) is 3.10. The topological polar surface area (TPSA) is 69.6 Å². The summed E-state index contributed by atoms with van der Waals surface area (Å²) in [5, 5.41) is 13.2. The second kappa shape index (κ2) is 7.99. The van der Waals surface area contributed by atoms with Gasteiger partial charge >= 0.3 is 0 Å². The van der Waals surface area contributed by atoms with Crippen molar-refractivity contribution in [1.29, 1.82) is 0 Å². The normalized spacial score (nSPS) is 26.1. The molecule has 5 heteroatoms. The van der Waals surface area contributed by atoms with E-state index >= 15 is 0 Å². The molecule has 2 N–H and O–H groups in total. The van der Waals surface area contributed by atoms with Gasteiger partial charge in [0, 0.05) is 25.6 Å². The van der Waals surface area contributed by atoms with Gasteiger partial charge in [-0.25, -0.2) is 0 Å². The molecule has 4 atom stereocenters. The summed E-state index contributed by atoms with van der Waals surface area (Å²) in [7, 11) is 0. The van der Waals surface area contributed by atoms with Crippen LogP contribution < -0.4 is 5.32 Å². The van der Waals surface area contributed by atoms with Crippen molar-refractivity contribution < 1.29 is 14.7 Å². The maximum absolute atomic E-state index is 13.2. The lowest BCUT2D eigenvalue weighted by atomic mass is 9.77. The van der Waals surface area contributed by atoms with Crippen molar-refractivity contribution in [3.8, 4) is 11.1 Å². The zero-order chi connectivity index (χ0) is 20.5. The van der Waals surface area contributed by atoms with Gasteiger partial charge in [-0.1, -0.05) is 36.4 Å². The number of aliphatic hydroxyl groups is 1. The summed E-state index contributed by atoms with van der Waals surface area (Å²) >= 11 is 0. The van der Waals surface area contributed by atoms with E-state index in [9.17, 15) is 14.7 Å². The summed E-state index contributed by atoms with van der Waals surface area (Å²) in [4.78, 5) is 26.5. The number of aliphatic hydroxyl groups excluding tert-OH is 1. The Kier molecular flexibility index (Phi) is 5.41. The summed E-state index contributed by atoms with van der Waals surface area (Å²) in [6.07, 6.45) is 0.806. The number of aryl methyl sites for hydroxylation is 1. The standard InChI is InChI=1S/C24H28N2O3/c1-15-6-3-4-9-21(15)17-7-5-8-18(10-17)24(29)26-13-19-11-22(25-16(2)27)23(28)12-20(19)14-26/h3-10,19-20,22-23,28H,11-14H2,1-2H3,(H,25,27)/t19-,20+,22-,23-/m1/s1. The van der Waals surface area contributed by atoms with Crippen molar-refractivity contribution in [3.63, 3.8) is 0 Å². The van der Waals surface area contributed by atoms with Crippen LogP contribution in [0, 0.1) is 18.8 Å². The number of hydrogen-bond donors (Lipinski definition) is 2. The third-order valence-electron chi connectivity index (χ3n) is 6.38. The SMILES string of the molecule is CC(=O)N[C@@H]1C[C@@H]2CN(C(=O)c3cccc(-c4ccccc4C)c3)C[C@@H]2C[C@H]1O. The Morgan fingerprint density at radius 3 is 2.48 bits per heavy atom. The van der Waals surface area contributed by atoms with Crippen LogP contribution in [-0.4, -0.2) is 47.1 Å². The lowest BCUT2D eigenvalue weighted by Crippen LogP contribution is -2.48. The summed E-state index contributed by atoms with van der Waals surface area (Å²) in [5.41, 5.74) is 4.07. The van der Waals surface area contributed by atoms with Gasteiger partial charge in [0.2, 0.25) is 5.91 Å². The highest BCUT2D eigenvalue weighted by Gasteiger charge is 2.43. The molecule has 0 aromatic heterocycles. The molecule has 1 saturated heterocycles. The van der Waals surface area contributed by atoms with Gasteiger partial charge < -0.3 is 15.3 Å². The van der Waals surface area contributed by atoms with Crippen molar-refractivity contribution in [2.75, 3.05) is 13.1 Å². The average molecular weight is 392 g/mol. The third-order valence-corrected chi connectivity index (χ3v) is 6.38. The van der Waals surface area contributed by atoms with Crippen molar-refractivity contribution in [3.05, 3.63) is 59.7 Å². The highest BCUT2D eigenvalue weighted by Crippen LogP contribution is 2.37. The molecular formula is C24H28N2O3. The molecule has 2 fully saturated rings. The second-order valence-corrected chi connectivity index (χ2v) is 8.47. The molecule has 5 nitrogen and oxygen atoms in total. The van der Waals surface area contributed by atoms with Gasteiger partial charge in [-0.15, -0.1) is 0 Å². The first-order valence-electron chi connectivity index (χ1n) is 10.3. The molecule has 2 aliphatic rings. The number of benzene rings is 2. The van der Waals surface area contributed by atoms with Gasteiger partial charge in [-0.05, 0) is 60.4 Å². The first-order chi connectivity index (χ1) is 13.9. The highest BCUT2D eigenvalue weighted by molar-refractivity contribution is 5.95. The monoisotopic (exact) mass is 392 g/mol. The number of fused-ring (bicyclic) bond motifs is 1. The van der Waals surface area contributed by atoms with Crippen LogP contribution >= 0.6 is 0 Å². The number of amides is 2. The number of nitrogens with zero attached hydrogens (tertiary/aromatic N) is 1. The molecule has 1 aliphatic heterocycles. The largest absolute Gasteiger partial charge is 0.391 e. The van der Waals surface area contributed by atoms with E-state index in [1.807, 2.05) is 41.3 Å². The van der Waals surface area contributed by atoms with E-state index in [0.29, 0.717) is 36.9 Å². The van der Waals surface area contributed by atoms with Crippen molar-refractivity contribution in [2.45, 2.75) is 38.8 Å². The molecule has 1 aliphatic carbocycles. The van der Waals surface area contributed by atoms with Gasteiger partial charge in [0.1, 0.15) is 0 Å². The number of nitrogens with one attached hydrogen (secondary N) is 1. The van der Waals surface area contributed by atoms with Gasteiger partial charge in [0.15, 0.2) is 0 Å². The van der Waals surface area contributed by atoms with E-state index in [4.69, 9.17) is 0 Å². The smallest absolute Gasteiger partial charge is 0.253 e. The minimum Gasteiger partial charge on any atom is -0.391 e. The predicted molar refractivity (Wildman–Crippen MR) is 112 cm³/mol. The van der Waals surface area contributed by atoms with Crippen LogP contribution in [0.25, 0.3) is 11.1 Å². The summed E-state index contributed by atoms with van der Waals surface area (Å²) in [6.45, 7) is 4.90. The molecule has 152 valence electrons. The van der Waals surface area contributed by atoms with Crippen LogP contribution in [-0.2, 0) is 4.79 Å². The molecule has 29 heavy (non-hydrogen) atoms. The molecular weight excluding hydrogens is 364 g/mol. The quantitative estimate of drug-likeness (QED) is 0.844. The maximum atomic E-state index is 13.2. The van der Waals surface area contributed by atoms with Crippen molar-refractivity contribution in [2.24, 2.45) is 11.8 Å². The van der Waals surface area contributed by atoms with E-state index in [1.165, 1.54) is 12.5 Å². The lowest BCUT2D eigenvalue weighted by Gasteiger charge is -2.35. The fourth-order valence-corrected chi connectivity index (χ4v) is 4.91. The Labute approximate surface area is 171 Å². The summed E-state index contributed by atoms with van der Waals surface area (Å²) in [6, 6.07) is 15.8. The fourth-order valence-electron chi connectivity index (χ4n) is 4.91. The minimum absolute atomic E-state index is 0.0420. The summed E-state index contributed by atoms with van der Waals surface area (Å²) < 4.78 is 0. The zero-order valence-corrected chi connectivity index (χ0v) is 17.0. The van der Waals surface area contributed by atoms with Crippen LogP contribution in [0.1, 0.15) is 35.7 Å². The number of carbonyl (C=O) groups is 2. The van der Waals surface area contributed by atoms with Gasteiger partial charge in [0.05, 0.1) is 12.1 Å². The number of likely N-dealkylation sites (tertiary alicyclic amines) is 1. The van der Waals surface area contributed by atoms with E-state index in [2.05, 4.69) is 24.4 Å². The molecule has 4 rings (SSSR count). The first-order valence-corrected chi connectivity index (χ1v) is 10.3. The Balaban J connectivity index is 1.49. The number of rotatable bonds is 3. The molecule has 0 spiro atoms. The Morgan fingerprint density at radius 2 is 1.76 bits per heavy atom. The maximum Gasteiger partial charge on any atom is 0.253 e. The van der Waals surface area contributed by atoms with Gasteiger partial charge in [0.25, 0.3) is 5.91 Å². The Hall–Kier alpha value is -2.66. The van der Waals surface area contributed by atoms with Crippen LogP contribution in [0.15, 0.2) is 48.5 Å². The van der Waals surface area contributed by atoms with Crippen LogP contribution in [0.3, 0.4) is 0 Å². The van der Waals surface area contributed by atoms with E-state index < -0.39 is 6.10 Å². The minimum atomic E-state index is -0.542. The van der Waals surface area contributed by atoms with Crippen molar-refractivity contribution >= 4 is 11.8 Å². The molecule has 0 unspecified atom stereocenters. The highest BCUT2D eigenvalue weighted by atomic mass is 16.3. The first kappa shape index (κ1) is 19.6. The van der Waals surface area contributed by atoms with Gasteiger partial charge in [-0.3, -0.25) is 9.59 Å². The molecule has 2 aromatic rings. The molecule has 2 amide bonds. The van der Waals surface area contributed by atoms with E-state index in [-0.39, 0.29) is 17.9 Å².